The summed E-state index contributed by atoms with van der Waals surface area (Å²) >= 11 is 3.38. The molecule has 8 heteroatoms. The Balaban J connectivity index is 1.54. The second kappa shape index (κ2) is 10.1. The number of halogens is 1. The van der Waals surface area contributed by atoms with Gasteiger partial charge in [-0.25, -0.2) is 0 Å². The highest BCUT2D eigenvalue weighted by molar-refractivity contribution is 9.10. The van der Waals surface area contributed by atoms with Gasteiger partial charge in [0, 0.05) is 10.9 Å². The first-order chi connectivity index (χ1) is 15.0. The van der Waals surface area contributed by atoms with E-state index in [-0.39, 0.29) is 13.0 Å². The second-order valence-corrected chi connectivity index (χ2v) is 10.1. The normalized spacial score (nSPS) is 19.9. The van der Waals surface area contributed by atoms with Crippen LogP contribution in [0.4, 0.5) is 0 Å². The minimum absolute atomic E-state index is 0.206. The standard InChI is InChI=1S/C24H32BBrO6/c1-16(22(28)14-21(15-27)30-20-12-8-18(26)9-13-20)29-19-10-6-17(7-11-19)25-31-23(2,3)24(4,5)32-25/h6-13,16,21-22,27-28H,14-15H2,1-5H3. The molecule has 32 heavy (non-hydrogen) atoms. The molecule has 0 amide bonds. The molecule has 2 aromatic rings. The molecule has 3 rings (SSSR count). The van der Waals surface area contributed by atoms with Crippen molar-refractivity contribution in [1.82, 2.24) is 0 Å². The van der Waals surface area contributed by atoms with E-state index < -0.39 is 36.6 Å². The third-order valence-electron chi connectivity index (χ3n) is 6.09. The van der Waals surface area contributed by atoms with Crippen LogP contribution in [0.25, 0.3) is 0 Å². The van der Waals surface area contributed by atoms with E-state index in [0.29, 0.717) is 11.5 Å². The molecule has 3 unspecified atom stereocenters. The van der Waals surface area contributed by atoms with Crippen molar-refractivity contribution < 1.29 is 29.0 Å². The summed E-state index contributed by atoms with van der Waals surface area (Å²) in [5.41, 5.74) is 0.118. The molecule has 0 saturated carbocycles. The van der Waals surface area contributed by atoms with Crippen LogP contribution in [0.1, 0.15) is 41.0 Å². The van der Waals surface area contributed by atoms with Crippen LogP contribution in [0.2, 0.25) is 0 Å². The second-order valence-electron chi connectivity index (χ2n) is 9.16. The van der Waals surface area contributed by atoms with Gasteiger partial charge in [0.05, 0.1) is 23.9 Å². The van der Waals surface area contributed by atoms with Crippen LogP contribution in [0.3, 0.4) is 0 Å². The van der Waals surface area contributed by atoms with Gasteiger partial charge < -0.3 is 29.0 Å². The summed E-state index contributed by atoms with van der Waals surface area (Å²) in [6.45, 7) is 9.67. The van der Waals surface area contributed by atoms with E-state index in [1.807, 2.05) is 64.1 Å². The lowest BCUT2D eigenvalue weighted by molar-refractivity contribution is 0.00149. The zero-order valence-electron chi connectivity index (χ0n) is 19.2. The predicted octanol–water partition coefficient (Wildman–Crippen LogP) is 3.71. The number of hydrogen-bond donors (Lipinski definition) is 2. The van der Waals surface area contributed by atoms with Crippen molar-refractivity contribution in [2.24, 2.45) is 0 Å². The molecule has 0 aliphatic carbocycles. The lowest BCUT2D eigenvalue weighted by Gasteiger charge is -2.32. The Kier molecular flexibility index (Phi) is 7.94. The highest BCUT2D eigenvalue weighted by Crippen LogP contribution is 2.36. The molecule has 3 atom stereocenters. The molecule has 1 fully saturated rings. The molecule has 1 saturated heterocycles. The van der Waals surface area contributed by atoms with Crippen LogP contribution in [0, 0.1) is 0 Å². The van der Waals surface area contributed by atoms with E-state index in [4.69, 9.17) is 18.8 Å². The largest absolute Gasteiger partial charge is 0.494 e. The fourth-order valence-corrected chi connectivity index (χ4v) is 3.57. The predicted molar refractivity (Wildman–Crippen MR) is 129 cm³/mol. The summed E-state index contributed by atoms with van der Waals surface area (Å²) < 4.78 is 24.8. The Morgan fingerprint density at radius 2 is 1.41 bits per heavy atom. The van der Waals surface area contributed by atoms with Crippen LogP contribution in [0.15, 0.2) is 53.0 Å². The molecule has 1 aliphatic rings. The molecule has 0 radical (unpaired) electrons. The maximum atomic E-state index is 10.6. The van der Waals surface area contributed by atoms with E-state index in [0.717, 1.165) is 9.94 Å². The smallest absolute Gasteiger partial charge is 0.488 e. The number of benzene rings is 2. The van der Waals surface area contributed by atoms with Crippen LogP contribution in [-0.4, -0.2) is 53.5 Å². The molecular formula is C24H32BBrO6. The van der Waals surface area contributed by atoms with Gasteiger partial charge in [-0.1, -0.05) is 28.1 Å². The number of rotatable bonds is 9. The minimum atomic E-state index is -0.814. The molecule has 0 spiro atoms. The van der Waals surface area contributed by atoms with Gasteiger partial charge in [-0.2, -0.15) is 0 Å². The molecular weight excluding hydrogens is 475 g/mol. The van der Waals surface area contributed by atoms with Gasteiger partial charge in [-0.05, 0) is 76.5 Å². The first kappa shape index (κ1) is 25.1. The third-order valence-corrected chi connectivity index (χ3v) is 6.62. The summed E-state index contributed by atoms with van der Waals surface area (Å²) in [5.74, 6) is 1.26. The van der Waals surface area contributed by atoms with Crippen LogP contribution >= 0.6 is 15.9 Å². The first-order valence-electron chi connectivity index (χ1n) is 10.8. The van der Waals surface area contributed by atoms with Crippen molar-refractivity contribution in [3.8, 4) is 11.5 Å². The van der Waals surface area contributed by atoms with Crippen molar-refractivity contribution in [3.05, 3.63) is 53.0 Å². The van der Waals surface area contributed by atoms with Crippen molar-refractivity contribution in [2.45, 2.75) is 70.6 Å². The fourth-order valence-electron chi connectivity index (χ4n) is 3.30. The van der Waals surface area contributed by atoms with Crippen LogP contribution < -0.4 is 14.9 Å². The zero-order chi connectivity index (χ0) is 23.5. The highest BCUT2D eigenvalue weighted by atomic mass is 79.9. The lowest BCUT2D eigenvalue weighted by atomic mass is 9.79. The van der Waals surface area contributed by atoms with Gasteiger partial charge in [-0.15, -0.1) is 0 Å². The Hall–Kier alpha value is -1.58. The van der Waals surface area contributed by atoms with Crippen LogP contribution in [-0.2, 0) is 9.31 Å². The van der Waals surface area contributed by atoms with Crippen molar-refractivity contribution >= 4 is 28.5 Å². The maximum Gasteiger partial charge on any atom is 0.494 e. The average Bonchev–Trinajstić information content (AvgIpc) is 2.96. The third kappa shape index (κ3) is 6.05. The molecule has 2 N–H and O–H groups in total. The van der Waals surface area contributed by atoms with Crippen LogP contribution in [0.5, 0.6) is 11.5 Å². The van der Waals surface area contributed by atoms with E-state index in [9.17, 15) is 10.2 Å². The maximum absolute atomic E-state index is 10.6. The number of hydrogen-bond acceptors (Lipinski definition) is 6. The number of aliphatic hydroxyl groups excluding tert-OH is 2. The minimum Gasteiger partial charge on any atom is -0.488 e. The topological polar surface area (TPSA) is 77.4 Å². The summed E-state index contributed by atoms with van der Waals surface area (Å²) in [6, 6.07) is 14.8. The molecule has 174 valence electrons. The van der Waals surface area contributed by atoms with E-state index in [1.165, 1.54) is 0 Å². The monoisotopic (exact) mass is 506 g/mol. The fraction of sp³-hybridized carbons (Fsp3) is 0.500. The Bertz CT molecular complexity index is 855. The van der Waals surface area contributed by atoms with Gasteiger partial charge in [-0.3, -0.25) is 0 Å². The molecule has 1 heterocycles. The van der Waals surface area contributed by atoms with Gasteiger partial charge in [0.15, 0.2) is 0 Å². The lowest BCUT2D eigenvalue weighted by Crippen LogP contribution is -2.41. The van der Waals surface area contributed by atoms with Crippen molar-refractivity contribution in [3.63, 3.8) is 0 Å². The van der Waals surface area contributed by atoms with E-state index >= 15 is 0 Å². The molecule has 1 aliphatic heterocycles. The molecule has 0 aromatic heterocycles. The molecule has 2 aromatic carbocycles. The van der Waals surface area contributed by atoms with Gasteiger partial charge >= 0.3 is 7.12 Å². The Morgan fingerprint density at radius 3 is 1.94 bits per heavy atom. The molecule has 6 nitrogen and oxygen atoms in total. The van der Waals surface area contributed by atoms with Gasteiger partial charge in [0.25, 0.3) is 0 Å². The SMILES string of the molecule is CC(Oc1ccc(B2OC(C)(C)C(C)(C)O2)cc1)C(O)CC(CO)Oc1ccc(Br)cc1. The van der Waals surface area contributed by atoms with Crippen molar-refractivity contribution in [1.29, 1.82) is 0 Å². The summed E-state index contributed by atoms with van der Waals surface area (Å²) in [6.07, 6.45) is -1.60. The first-order valence-corrected chi connectivity index (χ1v) is 11.6. The summed E-state index contributed by atoms with van der Waals surface area (Å²) in [5, 5.41) is 20.2. The summed E-state index contributed by atoms with van der Waals surface area (Å²) in [7, 11) is -0.432. The van der Waals surface area contributed by atoms with Gasteiger partial charge in [0.1, 0.15) is 23.7 Å². The number of aliphatic hydroxyl groups is 2. The molecule has 0 bridgehead atoms. The Morgan fingerprint density at radius 1 is 0.906 bits per heavy atom. The van der Waals surface area contributed by atoms with Gasteiger partial charge in [0.2, 0.25) is 0 Å². The highest BCUT2D eigenvalue weighted by Gasteiger charge is 2.51. The number of ether oxygens (including phenoxy) is 2. The summed E-state index contributed by atoms with van der Waals surface area (Å²) in [4.78, 5) is 0. The Labute approximate surface area is 199 Å². The van der Waals surface area contributed by atoms with Crippen molar-refractivity contribution in [2.75, 3.05) is 6.61 Å². The zero-order valence-corrected chi connectivity index (χ0v) is 20.8. The van der Waals surface area contributed by atoms with E-state index in [1.54, 1.807) is 19.1 Å². The van der Waals surface area contributed by atoms with E-state index in [2.05, 4.69) is 15.9 Å². The quantitative estimate of drug-likeness (QED) is 0.505. The average molecular weight is 507 g/mol.